The molecule has 0 amide bonds. The average Bonchev–Trinajstić information content (AvgIpc) is 2.38. The van der Waals surface area contributed by atoms with Gasteiger partial charge < -0.3 is 0 Å². The van der Waals surface area contributed by atoms with Crippen molar-refractivity contribution >= 4 is 27.4 Å². The fourth-order valence-corrected chi connectivity index (χ4v) is 2.12. The molecule has 0 spiro atoms. The quantitative estimate of drug-likeness (QED) is 0.854. The molecule has 0 saturated carbocycles. The number of halogens is 3. The third kappa shape index (κ3) is 3.69. The van der Waals surface area contributed by atoms with Gasteiger partial charge in [0, 0.05) is 0 Å². The predicted octanol–water partition coefficient (Wildman–Crippen LogP) is 1.32. The second-order valence-electron chi connectivity index (χ2n) is 4.12. The fraction of sp³-hybridized carbons (Fsp3) is 0.250. The number of hydrogen-bond donors (Lipinski definition) is 1. The zero-order valence-electron chi connectivity index (χ0n) is 10.5. The van der Waals surface area contributed by atoms with Crippen LogP contribution in [0.25, 0.3) is 0 Å². The van der Waals surface area contributed by atoms with E-state index in [9.17, 15) is 13.2 Å². The molecule has 0 fully saturated rings. The van der Waals surface area contributed by atoms with E-state index in [1.54, 1.807) is 0 Å². The molecule has 8 heteroatoms. The summed E-state index contributed by atoms with van der Waals surface area (Å²) in [5, 5.41) is 2.86. The van der Waals surface area contributed by atoms with Crippen molar-refractivity contribution in [3.8, 4) is 0 Å². The van der Waals surface area contributed by atoms with Gasteiger partial charge >= 0.3 is 122 Å². The summed E-state index contributed by atoms with van der Waals surface area (Å²) < 4.78 is 38.0. The molecule has 2 rings (SSSR count). The first kappa shape index (κ1) is 14.8. The second kappa shape index (κ2) is 5.79. The van der Waals surface area contributed by atoms with E-state index in [2.05, 4.69) is 20.3 Å². The van der Waals surface area contributed by atoms with E-state index < -0.39 is 12.0 Å². The summed E-state index contributed by atoms with van der Waals surface area (Å²) in [6.45, 7) is 1.83. The van der Waals surface area contributed by atoms with E-state index in [1.807, 2.05) is 37.3 Å². The van der Waals surface area contributed by atoms with Gasteiger partial charge in [-0.15, -0.1) is 0 Å². The Kier molecular flexibility index (Phi) is 4.28. The van der Waals surface area contributed by atoms with Crippen molar-refractivity contribution in [3.63, 3.8) is 0 Å². The number of benzene rings is 1. The molecule has 0 radical (unpaired) electrons. The second-order valence-corrected chi connectivity index (χ2v) is 5.20. The van der Waals surface area contributed by atoms with Gasteiger partial charge in [-0.25, -0.2) is 0 Å². The van der Waals surface area contributed by atoms with Crippen molar-refractivity contribution in [1.82, 2.24) is 15.0 Å². The van der Waals surface area contributed by atoms with Crippen LogP contribution in [0.4, 0.5) is 19.1 Å². The zero-order valence-corrected chi connectivity index (χ0v) is 12.9. The minimum absolute atomic E-state index is 0.0666. The molecule has 0 aliphatic carbocycles. The average molecular weight is 344 g/mol. The summed E-state index contributed by atoms with van der Waals surface area (Å²) >= 11 is 0.914. The molecule has 1 heterocycles. The van der Waals surface area contributed by atoms with Gasteiger partial charge in [0.1, 0.15) is 0 Å². The Balaban J connectivity index is 2.24. The SMILES string of the molecule is CC(Nc1nc([AsH2])nc(C(F)(F)F)n1)c1ccccc1. The topological polar surface area (TPSA) is 50.7 Å². The summed E-state index contributed by atoms with van der Waals surface area (Å²) in [6, 6.07) is 9.13. The van der Waals surface area contributed by atoms with Crippen molar-refractivity contribution in [1.29, 1.82) is 0 Å². The Morgan fingerprint density at radius 3 is 2.35 bits per heavy atom. The molecule has 1 aromatic carbocycles. The molecule has 1 N–H and O–H groups in total. The van der Waals surface area contributed by atoms with Crippen LogP contribution < -0.4 is 9.93 Å². The molecule has 2 unspecified atom stereocenters. The van der Waals surface area contributed by atoms with Crippen molar-refractivity contribution < 1.29 is 13.2 Å². The first-order chi connectivity index (χ1) is 9.36. The van der Waals surface area contributed by atoms with Crippen LogP contribution >= 0.6 is 0 Å². The van der Waals surface area contributed by atoms with Crippen LogP contribution in [-0.4, -0.2) is 31.8 Å². The summed E-state index contributed by atoms with van der Waals surface area (Å²) in [5.41, 5.74) is 0.935. The summed E-state index contributed by atoms with van der Waals surface area (Å²) in [5.74, 6) is -1.24. The van der Waals surface area contributed by atoms with E-state index >= 15 is 0 Å². The van der Waals surface area contributed by atoms with Gasteiger partial charge in [-0.3, -0.25) is 0 Å². The Hall–Kier alpha value is -1.62. The molecule has 0 aliphatic heterocycles. The third-order valence-corrected chi connectivity index (χ3v) is 3.09. The molecule has 0 bridgehead atoms. The Bertz CT molecular complexity index is 589. The van der Waals surface area contributed by atoms with Gasteiger partial charge in [-0.2, -0.15) is 0 Å². The molecule has 106 valence electrons. The number of alkyl halides is 3. The van der Waals surface area contributed by atoms with E-state index in [1.165, 1.54) is 0 Å². The van der Waals surface area contributed by atoms with Gasteiger partial charge in [-0.1, -0.05) is 0 Å². The maximum absolute atomic E-state index is 12.6. The third-order valence-electron chi connectivity index (χ3n) is 2.55. The molecular weight excluding hydrogens is 332 g/mol. The van der Waals surface area contributed by atoms with Gasteiger partial charge in [0.25, 0.3) is 0 Å². The van der Waals surface area contributed by atoms with E-state index in [0.717, 1.165) is 22.4 Å². The van der Waals surface area contributed by atoms with E-state index in [0.29, 0.717) is 0 Å². The van der Waals surface area contributed by atoms with Crippen LogP contribution in [0.3, 0.4) is 0 Å². The molecule has 0 saturated heterocycles. The standard InChI is InChI=1S/C12H12AsF3N4/c1-7(8-5-3-2-4-6-8)17-11-19-9(12(14,15)16)18-10(13)20-11/h2-7H,13H2,1H3,(H,17,18,19,20). The van der Waals surface area contributed by atoms with Crippen LogP contribution in [0.5, 0.6) is 0 Å². The minimum atomic E-state index is -4.57. The Labute approximate surface area is 122 Å². The molecule has 20 heavy (non-hydrogen) atoms. The van der Waals surface area contributed by atoms with E-state index in [-0.39, 0.29) is 16.6 Å². The van der Waals surface area contributed by atoms with Crippen LogP contribution in [0.15, 0.2) is 30.3 Å². The van der Waals surface area contributed by atoms with Crippen LogP contribution in [0, 0.1) is 0 Å². The molecule has 0 aliphatic rings. The number of nitrogens with zero attached hydrogens (tertiary/aromatic N) is 3. The van der Waals surface area contributed by atoms with Crippen molar-refractivity contribution in [2.24, 2.45) is 0 Å². The number of nitrogens with one attached hydrogen (secondary N) is 1. The number of hydrogen-bond acceptors (Lipinski definition) is 4. The van der Waals surface area contributed by atoms with Crippen molar-refractivity contribution in [3.05, 3.63) is 41.7 Å². The van der Waals surface area contributed by atoms with Crippen molar-refractivity contribution in [2.75, 3.05) is 5.32 Å². The van der Waals surface area contributed by atoms with E-state index in [4.69, 9.17) is 0 Å². The molecule has 2 atom stereocenters. The summed E-state index contributed by atoms with van der Waals surface area (Å²) in [7, 11) is 0. The van der Waals surface area contributed by atoms with Gasteiger partial charge in [0.05, 0.1) is 0 Å². The first-order valence-electron chi connectivity index (χ1n) is 5.76. The van der Waals surface area contributed by atoms with Gasteiger partial charge in [0.2, 0.25) is 0 Å². The van der Waals surface area contributed by atoms with Crippen LogP contribution in [0.2, 0.25) is 0 Å². The maximum atomic E-state index is 12.6. The Morgan fingerprint density at radius 2 is 1.75 bits per heavy atom. The first-order valence-corrected chi connectivity index (χ1v) is 6.97. The van der Waals surface area contributed by atoms with Crippen molar-refractivity contribution in [2.45, 2.75) is 19.1 Å². The Morgan fingerprint density at radius 1 is 1.10 bits per heavy atom. The molecule has 2 aromatic rings. The summed E-state index contributed by atoms with van der Waals surface area (Å²) in [4.78, 5) is 10.7. The predicted molar refractivity (Wildman–Crippen MR) is 71.5 cm³/mol. The van der Waals surface area contributed by atoms with Crippen LogP contribution in [-0.2, 0) is 6.18 Å². The van der Waals surface area contributed by atoms with Gasteiger partial charge in [-0.05, 0) is 0 Å². The fourth-order valence-electron chi connectivity index (χ4n) is 1.60. The molecular formula is C12H12AsF3N4. The monoisotopic (exact) mass is 344 g/mol. The molecule has 4 nitrogen and oxygen atoms in total. The summed E-state index contributed by atoms with van der Waals surface area (Å²) in [6.07, 6.45) is -4.57. The number of rotatable bonds is 3. The van der Waals surface area contributed by atoms with Crippen LogP contribution in [0.1, 0.15) is 24.4 Å². The molecule has 1 aromatic heterocycles. The van der Waals surface area contributed by atoms with Gasteiger partial charge in [0.15, 0.2) is 0 Å². The normalized spacial score (nSPS) is 13.1. The number of anilines is 1. The number of aromatic nitrogens is 3. The zero-order chi connectivity index (χ0) is 14.8.